The van der Waals surface area contributed by atoms with E-state index in [1.807, 2.05) is 0 Å². The number of hydrogen-bond acceptors (Lipinski definition) is 4. The maximum atomic E-state index is 10.9. The van der Waals surface area contributed by atoms with Gasteiger partial charge in [0.15, 0.2) is 0 Å². The van der Waals surface area contributed by atoms with E-state index in [4.69, 9.17) is 5.11 Å². The van der Waals surface area contributed by atoms with Crippen LogP contribution in [-0.4, -0.2) is 37.3 Å². The minimum Gasteiger partial charge on any atom is -0.478 e. The van der Waals surface area contributed by atoms with Gasteiger partial charge in [0.05, 0.1) is 11.3 Å². The molecule has 0 saturated carbocycles. The highest BCUT2D eigenvalue weighted by Gasteiger charge is 2.10. The van der Waals surface area contributed by atoms with Crippen molar-refractivity contribution in [2.45, 2.75) is 4.90 Å². The largest absolute Gasteiger partial charge is 0.478 e. The van der Waals surface area contributed by atoms with Gasteiger partial charge in [0, 0.05) is 16.9 Å². The first-order valence-electron chi connectivity index (χ1n) is 4.53. The number of sulfone groups is 1. The van der Waals surface area contributed by atoms with Crippen molar-refractivity contribution in [3.63, 3.8) is 0 Å². The van der Waals surface area contributed by atoms with E-state index < -0.39 is 15.8 Å². The maximum absolute atomic E-state index is 10.9. The number of carbonyl (C=O) groups is 1. The molecule has 0 radical (unpaired) electrons. The topological polar surface area (TPSA) is 71.4 Å². The van der Waals surface area contributed by atoms with Crippen molar-refractivity contribution in [1.29, 1.82) is 0 Å². The first-order valence-corrected chi connectivity index (χ1v) is 7.57. The number of hydrogen-bond donors (Lipinski definition) is 1. The van der Waals surface area contributed by atoms with Gasteiger partial charge < -0.3 is 5.11 Å². The van der Waals surface area contributed by atoms with Crippen molar-refractivity contribution in [2.75, 3.05) is 17.8 Å². The molecule has 6 heteroatoms. The van der Waals surface area contributed by atoms with Crippen LogP contribution < -0.4 is 0 Å². The Morgan fingerprint density at radius 1 is 1.38 bits per heavy atom. The lowest BCUT2D eigenvalue weighted by atomic mass is 10.2. The van der Waals surface area contributed by atoms with Crippen molar-refractivity contribution >= 4 is 27.6 Å². The number of carboxylic acids is 1. The zero-order valence-electron chi connectivity index (χ0n) is 8.71. The second kappa shape index (κ2) is 5.36. The summed E-state index contributed by atoms with van der Waals surface area (Å²) in [6, 6.07) is 6.56. The van der Waals surface area contributed by atoms with Crippen LogP contribution in [0, 0.1) is 0 Å². The molecule has 0 aliphatic heterocycles. The van der Waals surface area contributed by atoms with E-state index in [-0.39, 0.29) is 11.3 Å². The standard InChI is InChI=1S/C10H12O4S2/c1-16(13,14)7-6-15-9-5-3-2-4-8(9)10(11)12/h2-5H,6-7H2,1H3,(H,11,12). The summed E-state index contributed by atoms with van der Waals surface area (Å²) in [6.07, 6.45) is 1.16. The van der Waals surface area contributed by atoms with Crippen molar-refractivity contribution in [3.8, 4) is 0 Å². The van der Waals surface area contributed by atoms with Gasteiger partial charge in [-0.3, -0.25) is 0 Å². The minimum atomic E-state index is -3.00. The number of rotatable bonds is 5. The Hall–Kier alpha value is -1.01. The average Bonchev–Trinajstić information content (AvgIpc) is 2.16. The molecule has 4 nitrogen and oxygen atoms in total. The monoisotopic (exact) mass is 260 g/mol. The molecule has 0 aliphatic carbocycles. The van der Waals surface area contributed by atoms with Gasteiger partial charge in [-0.1, -0.05) is 12.1 Å². The summed E-state index contributed by atoms with van der Waals surface area (Å²) in [5.74, 6) is -0.586. The summed E-state index contributed by atoms with van der Waals surface area (Å²) >= 11 is 1.24. The van der Waals surface area contributed by atoms with Gasteiger partial charge in [0.1, 0.15) is 9.84 Å². The molecule has 16 heavy (non-hydrogen) atoms. The zero-order chi connectivity index (χ0) is 12.2. The summed E-state index contributed by atoms with van der Waals surface area (Å²) in [5.41, 5.74) is 0.209. The van der Waals surface area contributed by atoms with Crippen LogP contribution in [-0.2, 0) is 9.84 Å². The molecule has 1 aromatic carbocycles. The summed E-state index contributed by atoms with van der Waals surface area (Å²) in [5, 5.41) is 8.89. The van der Waals surface area contributed by atoms with E-state index in [0.717, 1.165) is 6.26 Å². The predicted octanol–water partition coefficient (Wildman–Crippen LogP) is 1.52. The van der Waals surface area contributed by atoms with Crippen LogP contribution in [0.3, 0.4) is 0 Å². The van der Waals surface area contributed by atoms with Crippen LogP contribution in [0.2, 0.25) is 0 Å². The molecule has 0 heterocycles. The van der Waals surface area contributed by atoms with Crippen molar-refractivity contribution < 1.29 is 18.3 Å². The van der Waals surface area contributed by atoms with E-state index >= 15 is 0 Å². The SMILES string of the molecule is CS(=O)(=O)CCSc1ccccc1C(=O)O. The summed E-state index contributed by atoms with van der Waals surface area (Å²) in [4.78, 5) is 11.4. The average molecular weight is 260 g/mol. The van der Waals surface area contributed by atoms with E-state index in [0.29, 0.717) is 10.6 Å². The smallest absolute Gasteiger partial charge is 0.336 e. The quantitative estimate of drug-likeness (QED) is 0.813. The van der Waals surface area contributed by atoms with Crippen LogP contribution in [0.1, 0.15) is 10.4 Å². The molecule has 0 amide bonds. The molecule has 0 spiro atoms. The molecular formula is C10H12O4S2. The van der Waals surface area contributed by atoms with Crippen molar-refractivity contribution in [2.24, 2.45) is 0 Å². The van der Waals surface area contributed by atoms with E-state index in [2.05, 4.69) is 0 Å². The molecule has 0 bridgehead atoms. The van der Waals surface area contributed by atoms with Gasteiger partial charge in [-0.25, -0.2) is 13.2 Å². The molecule has 0 fully saturated rings. The van der Waals surface area contributed by atoms with Gasteiger partial charge in [0.25, 0.3) is 0 Å². The molecule has 1 rings (SSSR count). The lowest BCUT2D eigenvalue weighted by Gasteiger charge is -2.04. The third kappa shape index (κ3) is 4.24. The summed E-state index contributed by atoms with van der Waals surface area (Å²) < 4.78 is 21.8. The molecule has 0 aliphatic rings. The highest BCUT2D eigenvalue weighted by molar-refractivity contribution is 8.00. The number of benzene rings is 1. The van der Waals surface area contributed by atoms with Crippen LogP contribution in [0.5, 0.6) is 0 Å². The Morgan fingerprint density at radius 3 is 2.56 bits per heavy atom. The molecule has 1 N–H and O–H groups in total. The molecule has 0 unspecified atom stereocenters. The normalized spacial score (nSPS) is 11.3. The molecule has 88 valence electrons. The Kier molecular flexibility index (Phi) is 4.37. The second-order valence-electron chi connectivity index (χ2n) is 3.28. The molecule has 0 atom stereocenters. The fraction of sp³-hybridized carbons (Fsp3) is 0.300. The van der Waals surface area contributed by atoms with Gasteiger partial charge >= 0.3 is 5.97 Å². The van der Waals surface area contributed by atoms with Gasteiger partial charge in [0.2, 0.25) is 0 Å². The Labute approximate surface area is 98.6 Å². The maximum Gasteiger partial charge on any atom is 0.336 e. The lowest BCUT2D eigenvalue weighted by molar-refractivity contribution is 0.0693. The second-order valence-corrected chi connectivity index (χ2v) is 6.68. The first-order chi connectivity index (χ1) is 7.40. The van der Waals surface area contributed by atoms with Crippen molar-refractivity contribution in [3.05, 3.63) is 29.8 Å². The third-order valence-corrected chi connectivity index (χ3v) is 4.11. The van der Waals surface area contributed by atoms with Crippen molar-refractivity contribution in [1.82, 2.24) is 0 Å². The lowest BCUT2D eigenvalue weighted by Crippen LogP contribution is -2.06. The van der Waals surface area contributed by atoms with Crippen LogP contribution in [0.15, 0.2) is 29.2 Å². The van der Waals surface area contributed by atoms with Crippen LogP contribution in [0.25, 0.3) is 0 Å². The third-order valence-electron chi connectivity index (χ3n) is 1.83. The number of thioether (sulfide) groups is 1. The van der Waals surface area contributed by atoms with E-state index in [9.17, 15) is 13.2 Å². The Morgan fingerprint density at radius 2 is 2.00 bits per heavy atom. The van der Waals surface area contributed by atoms with Gasteiger partial charge in [-0.15, -0.1) is 11.8 Å². The van der Waals surface area contributed by atoms with Crippen LogP contribution >= 0.6 is 11.8 Å². The number of carboxylic acid groups (broad SMARTS) is 1. The molecule has 1 aromatic rings. The highest BCUT2D eigenvalue weighted by atomic mass is 32.2. The zero-order valence-corrected chi connectivity index (χ0v) is 10.3. The summed E-state index contributed by atoms with van der Waals surface area (Å²) in [6.45, 7) is 0. The first kappa shape index (κ1) is 13.1. The van der Waals surface area contributed by atoms with Gasteiger partial charge in [-0.2, -0.15) is 0 Å². The van der Waals surface area contributed by atoms with E-state index in [1.54, 1.807) is 18.2 Å². The summed E-state index contributed by atoms with van der Waals surface area (Å²) in [7, 11) is -3.00. The minimum absolute atomic E-state index is 0.0472. The molecule has 0 saturated heterocycles. The fourth-order valence-corrected chi connectivity index (χ4v) is 3.32. The van der Waals surface area contributed by atoms with E-state index in [1.165, 1.54) is 17.8 Å². The predicted molar refractivity (Wildman–Crippen MR) is 63.8 cm³/mol. The molecule has 0 aromatic heterocycles. The fourth-order valence-electron chi connectivity index (χ4n) is 1.07. The van der Waals surface area contributed by atoms with Crippen LogP contribution in [0.4, 0.5) is 0 Å². The Balaban J connectivity index is 2.71. The highest BCUT2D eigenvalue weighted by Crippen LogP contribution is 2.22. The Bertz CT molecular complexity index is 479. The molecular weight excluding hydrogens is 248 g/mol. The van der Waals surface area contributed by atoms with Gasteiger partial charge in [-0.05, 0) is 12.1 Å². The number of aromatic carboxylic acids is 1.